The Hall–Kier alpha value is -3.06. The molecule has 1 fully saturated rings. The molecule has 2 aromatic carbocycles. The number of ether oxygens (including phenoxy) is 1. The average molecular weight is 396 g/mol. The van der Waals surface area contributed by atoms with E-state index in [4.69, 9.17) is 9.84 Å². The van der Waals surface area contributed by atoms with Gasteiger partial charge in [-0.2, -0.15) is 0 Å². The van der Waals surface area contributed by atoms with Crippen molar-refractivity contribution in [3.63, 3.8) is 0 Å². The summed E-state index contributed by atoms with van der Waals surface area (Å²) in [6, 6.07) is 13.2. The predicted molar refractivity (Wildman–Crippen MR) is 111 cm³/mol. The standard InChI is InChI=1S/C21H20N2O4S/c1-13-7-8-14(2)16(11-13)22-21-23-20(26)18(28-21)12-15-5-3-4-6-17(15)27-10-9-19(24)25/h3-8,11-12H,9-10H2,1-2H3,(H,24,25)(H,22,23,26)/b18-12+. The van der Waals surface area contributed by atoms with Crippen LogP contribution < -0.4 is 10.1 Å². The predicted octanol–water partition coefficient (Wildman–Crippen LogP) is 4.05. The Labute approximate surface area is 167 Å². The van der Waals surface area contributed by atoms with Crippen molar-refractivity contribution in [1.82, 2.24) is 5.32 Å². The zero-order valence-corrected chi connectivity index (χ0v) is 16.4. The lowest BCUT2D eigenvalue weighted by Gasteiger charge is -2.08. The number of rotatable bonds is 6. The van der Waals surface area contributed by atoms with Crippen LogP contribution in [0, 0.1) is 13.8 Å². The number of carbonyl (C=O) groups is 2. The lowest BCUT2D eigenvalue weighted by Crippen LogP contribution is -2.19. The van der Waals surface area contributed by atoms with Crippen LogP contribution in [-0.4, -0.2) is 28.8 Å². The molecule has 3 rings (SSSR count). The van der Waals surface area contributed by atoms with Gasteiger partial charge < -0.3 is 15.2 Å². The molecule has 7 heteroatoms. The van der Waals surface area contributed by atoms with Crippen LogP contribution in [0.2, 0.25) is 0 Å². The van der Waals surface area contributed by atoms with E-state index in [1.54, 1.807) is 18.2 Å². The monoisotopic (exact) mass is 396 g/mol. The van der Waals surface area contributed by atoms with Gasteiger partial charge in [-0.15, -0.1) is 0 Å². The highest BCUT2D eigenvalue weighted by Crippen LogP contribution is 2.31. The average Bonchev–Trinajstić information content (AvgIpc) is 2.98. The largest absolute Gasteiger partial charge is 0.492 e. The second kappa shape index (κ2) is 8.75. The molecule has 0 unspecified atom stereocenters. The summed E-state index contributed by atoms with van der Waals surface area (Å²) in [7, 11) is 0. The number of aliphatic carboxylic acids is 1. The Morgan fingerprint density at radius 1 is 1.25 bits per heavy atom. The molecule has 144 valence electrons. The highest BCUT2D eigenvalue weighted by atomic mass is 32.2. The number of carboxylic acids is 1. The first-order valence-corrected chi connectivity index (χ1v) is 9.54. The lowest BCUT2D eigenvalue weighted by molar-refractivity contribution is -0.137. The fourth-order valence-corrected chi connectivity index (χ4v) is 3.38. The molecule has 1 heterocycles. The number of carbonyl (C=O) groups excluding carboxylic acids is 1. The summed E-state index contributed by atoms with van der Waals surface area (Å²) in [5, 5.41) is 12.1. The van der Waals surface area contributed by atoms with Gasteiger partial charge in [-0.3, -0.25) is 9.59 Å². The number of aryl methyl sites for hydroxylation is 2. The minimum atomic E-state index is -0.922. The van der Waals surface area contributed by atoms with Gasteiger partial charge in [0.1, 0.15) is 5.75 Å². The Morgan fingerprint density at radius 2 is 2.04 bits per heavy atom. The molecular weight excluding hydrogens is 376 g/mol. The second-order valence-corrected chi connectivity index (χ2v) is 7.33. The SMILES string of the molecule is Cc1ccc(C)c(N=C2NC(=O)/C(=C\c3ccccc3OCCC(=O)O)S2)c1. The first kappa shape index (κ1) is 19.7. The highest BCUT2D eigenvalue weighted by molar-refractivity contribution is 8.18. The molecular formula is C21H20N2O4S. The number of nitrogens with zero attached hydrogens (tertiary/aromatic N) is 1. The van der Waals surface area contributed by atoms with Crippen molar-refractivity contribution in [1.29, 1.82) is 0 Å². The fraction of sp³-hybridized carbons (Fsp3) is 0.190. The molecule has 1 saturated heterocycles. The van der Waals surface area contributed by atoms with E-state index in [-0.39, 0.29) is 18.9 Å². The van der Waals surface area contributed by atoms with Crippen molar-refractivity contribution < 1.29 is 19.4 Å². The van der Waals surface area contributed by atoms with E-state index >= 15 is 0 Å². The summed E-state index contributed by atoms with van der Waals surface area (Å²) in [6.07, 6.45) is 1.63. The van der Waals surface area contributed by atoms with Gasteiger partial charge in [0.2, 0.25) is 0 Å². The molecule has 0 bridgehead atoms. The number of amidine groups is 1. The van der Waals surface area contributed by atoms with E-state index in [1.807, 2.05) is 44.2 Å². The van der Waals surface area contributed by atoms with E-state index < -0.39 is 5.97 Å². The number of hydrogen-bond donors (Lipinski definition) is 2. The quantitative estimate of drug-likeness (QED) is 0.719. The minimum absolute atomic E-state index is 0.0637. The molecule has 0 atom stereocenters. The van der Waals surface area contributed by atoms with E-state index in [9.17, 15) is 9.59 Å². The van der Waals surface area contributed by atoms with Gasteiger partial charge in [0.25, 0.3) is 5.91 Å². The summed E-state index contributed by atoms with van der Waals surface area (Å²) >= 11 is 1.26. The topological polar surface area (TPSA) is 88.0 Å². The summed E-state index contributed by atoms with van der Waals surface area (Å²) in [5.74, 6) is -0.618. The summed E-state index contributed by atoms with van der Waals surface area (Å²) in [5.41, 5.74) is 3.66. The molecule has 0 aliphatic carbocycles. The van der Waals surface area contributed by atoms with Crippen LogP contribution in [0.1, 0.15) is 23.1 Å². The Balaban J connectivity index is 1.80. The number of para-hydroxylation sites is 1. The van der Waals surface area contributed by atoms with Crippen molar-refractivity contribution in [3.05, 3.63) is 64.1 Å². The van der Waals surface area contributed by atoms with Crippen LogP contribution in [-0.2, 0) is 9.59 Å². The Kier molecular flexibility index (Phi) is 6.16. The van der Waals surface area contributed by atoms with Gasteiger partial charge in [-0.05, 0) is 54.9 Å². The van der Waals surface area contributed by atoms with Gasteiger partial charge in [-0.25, -0.2) is 4.99 Å². The Bertz CT molecular complexity index is 982. The third-order valence-electron chi connectivity index (χ3n) is 4.02. The maximum absolute atomic E-state index is 12.3. The van der Waals surface area contributed by atoms with Crippen LogP contribution in [0.15, 0.2) is 52.4 Å². The zero-order chi connectivity index (χ0) is 20.1. The van der Waals surface area contributed by atoms with Crippen LogP contribution >= 0.6 is 11.8 Å². The number of thioether (sulfide) groups is 1. The lowest BCUT2D eigenvalue weighted by atomic mass is 10.1. The number of amides is 1. The molecule has 0 spiro atoms. The normalized spacial score (nSPS) is 16.4. The number of benzene rings is 2. The molecule has 1 aliphatic heterocycles. The van der Waals surface area contributed by atoms with Gasteiger partial charge >= 0.3 is 5.97 Å². The van der Waals surface area contributed by atoms with Crippen molar-refractivity contribution in [3.8, 4) is 5.75 Å². The number of nitrogens with one attached hydrogen (secondary N) is 1. The zero-order valence-electron chi connectivity index (χ0n) is 15.6. The van der Waals surface area contributed by atoms with Crippen LogP contribution in [0.25, 0.3) is 6.08 Å². The number of aliphatic imine (C=N–C) groups is 1. The third kappa shape index (κ3) is 5.01. The molecule has 0 saturated carbocycles. The van der Waals surface area contributed by atoms with Crippen LogP contribution in [0.3, 0.4) is 0 Å². The molecule has 2 N–H and O–H groups in total. The maximum Gasteiger partial charge on any atom is 0.306 e. The summed E-state index contributed by atoms with van der Waals surface area (Å²) in [4.78, 5) is 28.1. The van der Waals surface area contributed by atoms with Crippen molar-refractivity contribution >= 4 is 40.6 Å². The Morgan fingerprint density at radius 3 is 2.82 bits per heavy atom. The third-order valence-corrected chi connectivity index (χ3v) is 4.93. The van der Waals surface area contributed by atoms with E-state index in [1.165, 1.54) is 11.8 Å². The second-order valence-electron chi connectivity index (χ2n) is 6.30. The van der Waals surface area contributed by atoms with Gasteiger partial charge in [0, 0.05) is 5.56 Å². The van der Waals surface area contributed by atoms with E-state index in [2.05, 4.69) is 10.3 Å². The molecule has 2 aromatic rings. The smallest absolute Gasteiger partial charge is 0.306 e. The summed E-state index contributed by atoms with van der Waals surface area (Å²) in [6.45, 7) is 4.03. The highest BCUT2D eigenvalue weighted by Gasteiger charge is 2.24. The van der Waals surface area contributed by atoms with E-state index in [0.29, 0.717) is 21.4 Å². The van der Waals surface area contributed by atoms with Crippen molar-refractivity contribution in [2.24, 2.45) is 4.99 Å². The molecule has 28 heavy (non-hydrogen) atoms. The molecule has 1 amide bonds. The van der Waals surface area contributed by atoms with Crippen LogP contribution in [0.5, 0.6) is 5.75 Å². The van der Waals surface area contributed by atoms with Gasteiger partial charge in [0.15, 0.2) is 5.17 Å². The van der Waals surface area contributed by atoms with Gasteiger partial charge in [0.05, 0.1) is 23.6 Å². The fourth-order valence-electron chi connectivity index (χ4n) is 2.55. The van der Waals surface area contributed by atoms with Crippen LogP contribution in [0.4, 0.5) is 5.69 Å². The maximum atomic E-state index is 12.3. The van der Waals surface area contributed by atoms with Gasteiger partial charge in [-0.1, -0.05) is 30.3 Å². The van der Waals surface area contributed by atoms with E-state index in [0.717, 1.165) is 16.8 Å². The minimum Gasteiger partial charge on any atom is -0.492 e. The molecule has 1 aliphatic rings. The number of hydrogen-bond acceptors (Lipinski definition) is 5. The first-order chi connectivity index (χ1) is 13.4. The summed E-state index contributed by atoms with van der Waals surface area (Å²) < 4.78 is 5.55. The number of carboxylic acid groups (broad SMARTS) is 1. The molecule has 6 nitrogen and oxygen atoms in total. The van der Waals surface area contributed by atoms with Crippen molar-refractivity contribution in [2.75, 3.05) is 6.61 Å². The first-order valence-electron chi connectivity index (χ1n) is 8.73. The van der Waals surface area contributed by atoms with Crippen molar-refractivity contribution in [2.45, 2.75) is 20.3 Å². The molecule has 0 aromatic heterocycles. The molecule has 0 radical (unpaired) electrons.